The van der Waals surface area contributed by atoms with Gasteiger partial charge in [-0.15, -0.1) is 0 Å². The molecule has 0 radical (unpaired) electrons. The minimum Gasteiger partial charge on any atom is -0.487 e. The second kappa shape index (κ2) is 5.56. The monoisotopic (exact) mass is 291 g/mol. The summed E-state index contributed by atoms with van der Waals surface area (Å²) in [5.41, 5.74) is 6.35. The third kappa shape index (κ3) is 2.83. The molecule has 0 bridgehead atoms. The molecule has 3 N–H and O–H groups in total. The van der Waals surface area contributed by atoms with Gasteiger partial charge in [-0.1, -0.05) is 18.9 Å². The van der Waals surface area contributed by atoms with Crippen LogP contribution >= 0.6 is 0 Å². The zero-order valence-electron chi connectivity index (χ0n) is 12.0. The molecule has 5 nitrogen and oxygen atoms in total. The topological polar surface area (TPSA) is 81.8 Å². The summed E-state index contributed by atoms with van der Waals surface area (Å²) in [6.45, 7) is 0.666. The predicted molar refractivity (Wildman–Crippen MR) is 78.6 cm³/mol. The average molecular weight is 291 g/mol. The molecule has 2 fully saturated rings. The summed E-state index contributed by atoms with van der Waals surface area (Å²) in [5, 5.41) is 9.26. The summed E-state index contributed by atoms with van der Waals surface area (Å²) >= 11 is 0. The van der Waals surface area contributed by atoms with Crippen molar-refractivity contribution >= 4 is 11.7 Å². The molecule has 2 aliphatic rings. The van der Waals surface area contributed by atoms with Crippen LogP contribution in [0, 0.1) is 0 Å². The molecule has 114 valence electrons. The number of aromatic carboxylic acids is 1. The Bertz CT molecular complexity index is 537. The Morgan fingerprint density at radius 1 is 1.38 bits per heavy atom. The first kappa shape index (κ1) is 14.2. The fourth-order valence-electron chi connectivity index (χ4n) is 3.47. The number of rotatable bonds is 3. The molecule has 1 aliphatic heterocycles. The van der Waals surface area contributed by atoms with Gasteiger partial charge in [-0.2, -0.15) is 0 Å². The number of hydrogen-bond donors (Lipinski definition) is 2. The van der Waals surface area contributed by atoms with Crippen LogP contribution in [0.25, 0.3) is 0 Å². The van der Waals surface area contributed by atoms with Gasteiger partial charge < -0.3 is 20.3 Å². The van der Waals surface area contributed by atoms with Crippen LogP contribution in [0.4, 0.5) is 5.69 Å². The fourth-order valence-corrected chi connectivity index (χ4v) is 3.47. The van der Waals surface area contributed by atoms with Crippen LogP contribution in [0.15, 0.2) is 18.2 Å². The van der Waals surface area contributed by atoms with E-state index in [1.54, 1.807) is 12.1 Å². The van der Waals surface area contributed by atoms with E-state index in [2.05, 4.69) is 0 Å². The van der Waals surface area contributed by atoms with Gasteiger partial charge in [-0.25, -0.2) is 4.79 Å². The van der Waals surface area contributed by atoms with E-state index in [0.29, 0.717) is 18.0 Å². The Hall–Kier alpha value is -1.75. The van der Waals surface area contributed by atoms with Gasteiger partial charge in [0.05, 0.1) is 17.9 Å². The zero-order valence-corrected chi connectivity index (χ0v) is 12.0. The van der Waals surface area contributed by atoms with Crippen molar-refractivity contribution in [2.45, 2.75) is 50.2 Å². The lowest BCUT2D eigenvalue weighted by Gasteiger charge is -2.38. The SMILES string of the molecule is Nc1cccc(C(=O)O)c1OC1CCOC2(CCCC2)C1. The van der Waals surface area contributed by atoms with Crippen LogP contribution in [0.1, 0.15) is 48.9 Å². The van der Waals surface area contributed by atoms with Gasteiger partial charge in [0, 0.05) is 12.8 Å². The van der Waals surface area contributed by atoms with Gasteiger partial charge in [0.15, 0.2) is 5.75 Å². The standard InChI is InChI=1S/C16H21NO4/c17-13-5-3-4-12(15(18)19)14(13)21-11-6-9-20-16(10-11)7-1-2-8-16/h3-5,11H,1-2,6-10,17H2,(H,18,19). The van der Waals surface area contributed by atoms with Gasteiger partial charge in [0.1, 0.15) is 11.7 Å². The molecule has 1 aliphatic carbocycles. The Morgan fingerprint density at radius 3 is 2.86 bits per heavy atom. The number of hydrogen-bond acceptors (Lipinski definition) is 4. The molecule has 21 heavy (non-hydrogen) atoms. The minimum atomic E-state index is -1.01. The maximum atomic E-state index is 11.3. The number of para-hydroxylation sites is 1. The molecular formula is C16H21NO4. The van der Waals surface area contributed by atoms with E-state index in [-0.39, 0.29) is 17.3 Å². The van der Waals surface area contributed by atoms with Gasteiger partial charge in [0.2, 0.25) is 0 Å². The third-order valence-corrected chi connectivity index (χ3v) is 4.52. The van der Waals surface area contributed by atoms with Crippen molar-refractivity contribution < 1.29 is 19.4 Å². The summed E-state index contributed by atoms with van der Waals surface area (Å²) in [6, 6.07) is 4.83. The highest BCUT2D eigenvalue weighted by Crippen LogP contribution is 2.41. The van der Waals surface area contributed by atoms with Crippen LogP contribution in [0.3, 0.4) is 0 Å². The molecule has 1 atom stereocenters. The fraction of sp³-hybridized carbons (Fsp3) is 0.562. The smallest absolute Gasteiger partial charge is 0.339 e. The Labute approximate surface area is 124 Å². The number of anilines is 1. The molecule has 1 saturated heterocycles. The molecule has 1 spiro atoms. The molecule has 0 aromatic heterocycles. The Balaban J connectivity index is 1.79. The average Bonchev–Trinajstić information content (AvgIpc) is 2.89. The van der Waals surface area contributed by atoms with E-state index in [9.17, 15) is 9.90 Å². The van der Waals surface area contributed by atoms with E-state index >= 15 is 0 Å². The van der Waals surface area contributed by atoms with Crippen molar-refractivity contribution in [2.24, 2.45) is 0 Å². The van der Waals surface area contributed by atoms with Crippen molar-refractivity contribution in [1.29, 1.82) is 0 Å². The number of nitrogens with two attached hydrogens (primary N) is 1. The van der Waals surface area contributed by atoms with Crippen LogP contribution in [0.2, 0.25) is 0 Å². The quantitative estimate of drug-likeness (QED) is 0.837. The van der Waals surface area contributed by atoms with Crippen LogP contribution in [0.5, 0.6) is 5.75 Å². The largest absolute Gasteiger partial charge is 0.487 e. The van der Waals surface area contributed by atoms with Crippen molar-refractivity contribution in [3.63, 3.8) is 0 Å². The van der Waals surface area contributed by atoms with E-state index < -0.39 is 5.97 Å². The number of benzene rings is 1. The second-order valence-electron chi connectivity index (χ2n) is 6.00. The second-order valence-corrected chi connectivity index (χ2v) is 6.00. The number of carbonyl (C=O) groups is 1. The number of carboxylic acid groups (broad SMARTS) is 1. The highest BCUT2D eigenvalue weighted by Gasteiger charge is 2.41. The minimum absolute atomic E-state index is 0.0281. The summed E-state index contributed by atoms with van der Waals surface area (Å²) in [7, 11) is 0. The number of nitrogen functional groups attached to an aromatic ring is 1. The van der Waals surface area contributed by atoms with Gasteiger partial charge in [-0.05, 0) is 25.0 Å². The van der Waals surface area contributed by atoms with E-state index in [0.717, 1.165) is 25.7 Å². The van der Waals surface area contributed by atoms with E-state index in [1.807, 2.05) is 0 Å². The lowest BCUT2D eigenvalue weighted by Crippen LogP contribution is -2.42. The number of ether oxygens (including phenoxy) is 2. The van der Waals surface area contributed by atoms with Crippen molar-refractivity contribution in [3.05, 3.63) is 23.8 Å². The Kier molecular flexibility index (Phi) is 3.76. The maximum absolute atomic E-state index is 11.3. The molecule has 1 saturated carbocycles. The first-order valence-corrected chi connectivity index (χ1v) is 7.52. The Morgan fingerprint density at radius 2 is 2.14 bits per heavy atom. The summed E-state index contributed by atoms with van der Waals surface area (Å²) in [6.07, 6.45) is 6.10. The normalized spacial score (nSPS) is 24.1. The van der Waals surface area contributed by atoms with E-state index in [4.69, 9.17) is 15.2 Å². The van der Waals surface area contributed by atoms with Crippen molar-refractivity contribution in [2.75, 3.05) is 12.3 Å². The molecule has 3 rings (SSSR count). The molecule has 1 aromatic rings. The molecule has 5 heteroatoms. The van der Waals surface area contributed by atoms with Crippen molar-refractivity contribution in [3.8, 4) is 5.75 Å². The first-order chi connectivity index (χ1) is 10.1. The van der Waals surface area contributed by atoms with E-state index in [1.165, 1.54) is 18.9 Å². The van der Waals surface area contributed by atoms with Gasteiger partial charge in [-0.3, -0.25) is 0 Å². The molecule has 0 amide bonds. The van der Waals surface area contributed by atoms with Gasteiger partial charge in [0.25, 0.3) is 0 Å². The molecular weight excluding hydrogens is 270 g/mol. The summed E-state index contributed by atoms with van der Waals surface area (Å²) < 4.78 is 12.0. The molecule has 1 unspecified atom stereocenters. The first-order valence-electron chi connectivity index (χ1n) is 7.52. The highest BCUT2D eigenvalue weighted by atomic mass is 16.5. The zero-order chi connectivity index (χ0) is 14.9. The summed E-state index contributed by atoms with van der Waals surface area (Å²) in [5.74, 6) is -0.718. The summed E-state index contributed by atoms with van der Waals surface area (Å²) in [4.78, 5) is 11.3. The number of carboxylic acids is 1. The molecule has 1 heterocycles. The predicted octanol–water partition coefficient (Wildman–Crippen LogP) is 2.84. The third-order valence-electron chi connectivity index (χ3n) is 4.52. The lowest BCUT2D eigenvalue weighted by molar-refractivity contribution is -0.108. The lowest BCUT2D eigenvalue weighted by atomic mass is 9.90. The van der Waals surface area contributed by atoms with Crippen LogP contribution in [-0.2, 0) is 4.74 Å². The van der Waals surface area contributed by atoms with Crippen LogP contribution < -0.4 is 10.5 Å². The maximum Gasteiger partial charge on any atom is 0.339 e. The highest BCUT2D eigenvalue weighted by molar-refractivity contribution is 5.93. The van der Waals surface area contributed by atoms with Crippen molar-refractivity contribution in [1.82, 2.24) is 0 Å². The molecule has 1 aromatic carbocycles. The van der Waals surface area contributed by atoms with Crippen LogP contribution in [-0.4, -0.2) is 29.4 Å². The van der Waals surface area contributed by atoms with Gasteiger partial charge >= 0.3 is 5.97 Å².